The highest BCUT2D eigenvalue weighted by Crippen LogP contribution is 2.41. The van der Waals surface area contributed by atoms with Crippen molar-refractivity contribution in [3.05, 3.63) is 22.2 Å². The lowest BCUT2D eigenvalue weighted by molar-refractivity contribution is 0.453. The molecule has 0 bridgehead atoms. The second kappa shape index (κ2) is 6.59. The van der Waals surface area contributed by atoms with Crippen molar-refractivity contribution in [1.82, 2.24) is 0 Å². The number of hydrogen-bond acceptors (Lipinski definition) is 3. The summed E-state index contributed by atoms with van der Waals surface area (Å²) in [6.45, 7) is 0. The van der Waals surface area contributed by atoms with Gasteiger partial charge in [-0.15, -0.1) is 0 Å². The molecular weight excluding hydrogens is 311 g/mol. The van der Waals surface area contributed by atoms with Crippen LogP contribution in [0.25, 0.3) is 0 Å². The summed E-state index contributed by atoms with van der Waals surface area (Å²) in [5.41, 5.74) is 1.16. The van der Waals surface area contributed by atoms with E-state index in [1.807, 2.05) is 18.5 Å². The van der Waals surface area contributed by atoms with E-state index in [1.54, 1.807) is 0 Å². The quantitative estimate of drug-likeness (QED) is 0.591. The van der Waals surface area contributed by atoms with E-state index in [0.29, 0.717) is 16.1 Å². The third-order valence-corrected chi connectivity index (χ3v) is 5.52. The van der Waals surface area contributed by atoms with Gasteiger partial charge in [0.05, 0.1) is 20.6 Å². The van der Waals surface area contributed by atoms with Gasteiger partial charge in [0, 0.05) is 18.0 Å². The Bertz CT molecular complexity index is 511. The largest absolute Gasteiger partial charge is 0.328 e. The average molecular weight is 329 g/mol. The molecule has 0 N–H and O–H groups in total. The molecule has 20 heavy (non-hydrogen) atoms. The fourth-order valence-corrected chi connectivity index (χ4v) is 4.07. The van der Waals surface area contributed by atoms with Gasteiger partial charge in [-0.1, -0.05) is 55.3 Å². The molecule has 1 heterocycles. The van der Waals surface area contributed by atoms with Gasteiger partial charge in [-0.05, 0) is 25.0 Å². The molecule has 3 rings (SSSR count). The smallest absolute Gasteiger partial charge is 0.104 e. The number of hydrogen-bond donors (Lipinski definition) is 0. The molecule has 0 aromatic heterocycles. The molecule has 1 fully saturated rings. The second-order valence-corrected chi connectivity index (χ2v) is 7.10. The Hall–Kier alpha value is -0.380. The van der Waals surface area contributed by atoms with E-state index >= 15 is 0 Å². The zero-order valence-electron chi connectivity index (χ0n) is 11.3. The first kappa shape index (κ1) is 14.6. The minimum atomic E-state index is 0.538. The Morgan fingerprint density at radius 2 is 1.65 bits per heavy atom. The topological polar surface area (TPSA) is 15.6 Å². The lowest BCUT2D eigenvalue weighted by Gasteiger charge is -2.34. The number of fused-ring (bicyclic) bond motifs is 1. The van der Waals surface area contributed by atoms with E-state index in [2.05, 4.69) is 9.30 Å². The van der Waals surface area contributed by atoms with Crippen molar-refractivity contribution in [2.24, 2.45) is 4.40 Å². The summed E-state index contributed by atoms with van der Waals surface area (Å²) in [7, 11) is 0. The van der Waals surface area contributed by atoms with Crippen LogP contribution in [-0.2, 0) is 0 Å². The van der Waals surface area contributed by atoms with E-state index in [-0.39, 0.29) is 0 Å². The maximum Gasteiger partial charge on any atom is 0.104 e. The van der Waals surface area contributed by atoms with Crippen molar-refractivity contribution in [2.75, 3.05) is 4.90 Å². The molecule has 0 radical (unpaired) electrons. The van der Waals surface area contributed by atoms with Crippen LogP contribution in [0, 0.1) is 0 Å². The second-order valence-electron chi connectivity index (χ2n) is 5.45. The predicted molar refractivity (Wildman–Crippen MR) is 89.4 cm³/mol. The molecule has 108 valence electrons. The van der Waals surface area contributed by atoms with Crippen LogP contribution in [0.3, 0.4) is 0 Å². The summed E-state index contributed by atoms with van der Waals surface area (Å²) in [5, 5.41) is 1.23. The highest BCUT2D eigenvalue weighted by Gasteiger charge is 2.24. The Morgan fingerprint density at radius 3 is 2.40 bits per heavy atom. The third-order valence-electron chi connectivity index (χ3n) is 4.07. The van der Waals surface area contributed by atoms with Gasteiger partial charge in [-0.2, -0.15) is 0 Å². The molecule has 1 aromatic rings. The molecule has 0 saturated heterocycles. The van der Waals surface area contributed by atoms with Crippen molar-refractivity contribution in [3.8, 4) is 0 Å². The normalized spacial score (nSPS) is 20.4. The molecule has 1 aromatic carbocycles. The molecule has 1 aliphatic heterocycles. The van der Waals surface area contributed by atoms with Gasteiger partial charge >= 0.3 is 0 Å². The van der Waals surface area contributed by atoms with Crippen molar-refractivity contribution in [3.63, 3.8) is 0 Å². The van der Waals surface area contributed by atoms with Crippen LogP contribution in [0.4, 0.5) is 5.69 Å². The monoisotopic (exact) mass is 328 g/mol. The Kier molecular flexibility index (Phi) is 4.79. The molecule has 2 nitrogen and oxygen atoms in total. The number of halogens is 2. The molecule has 0 spiro atoms. The fourth-order valence-electron chi connectivity index (χ4n) is 2.99. The Balaban J connectivity index is 1.88. The van der Waals surface area contributed by atoms with Crippen LogP contribution in [-0.4, -0.2) is 12.4 Å². The van der Waals surface area contributed by atoms with E-state index < -0.39 is 0 Å². The molecule has 1 saturated carbocycles. The van der Waals surface area contributed by atoms with Crippen molar-refractivity contribution >= 4 is 47.2 Å². The molecule has 0 unspecified atom stereocenters. The van der Waals surface area contributed by atoms with Gasteiger partial charge in [0.15, 0.2) is 0 Å². The van der Waals surface area contributed by atoms with Gasteiger partial charge in [0.25, 0.3) is 0 Å². The van der Waals surface area contributed by atoms with Gasteiger partial charge in [0.2, 0.25) is 0 Å². The third kappa shape index (κ3) is 3.10. The first-order valence-corrected chi connectivity index (χ1v) is 8.76. The van der Waals surface area contributed by atoms with Crippen LogP contribution in [0.1, 0.15) is 44.9 Å². The minimum Gasteiger partial charge on any atom is -0.328 e. The van der Waals surface area contributed by atoms with Crippen molar-refractivity contribution < 1.29 is 0 Å². The maximum atomic E-state index is 6.20. The zero-order chi connectivity index (χ0) is 13.9. The van der Waals surface area contributed by atoms with Gasteiger partial charge in [-0.3, -0.25) is 0 Å². The first-order chi connectivity index (χ1) is 9.75. The molecular formula is C15H18Cl2N2S. The van der Waals surface area contributed by atoms with Crippen LogP contribution in [0.2, 0.25) is 10.0 Å². The van der Waals surface area contributed by atoms with Crippen molar-refractivity contribution in [1.29, 1.82) is 0 Å². The molecule has 0 amide bonds. The number of benzene rings is 1. The summed E-state index contributed by atoms with van der Waals surface area (Å²) in [5.74, 6) is 0. The van der Waals surface area contributed by atoms with Gasteiger partial charge in [0.1, 0.15) is 6.34 Å². The SMILES string of the molecule is Clc1cc2c(cc1Cl)N(C1CCCCCCC1)C=NS2. The van der Waals surface area contributed by atoms with Gasteiger partial charge < -0.3 is 4.90 Å². The molecule has 5 heteroatoms. The minimum absolute atomic E-state index is 0.538. The van der Waals surface area contributed by atoms with E-state index in [4.69, 9.17) is 23.2 Å². The fraction of sp³-hybridized carbons (Fsp3) is 0.533. The summed E-state index contributed by atoms with van der Waals surface area (Å²) < 4.78 is 4.42. The van der Waals surface area contributed by atoms with Crippen LogP contribution in [0.5, 0.6) is 0 Å². The zero-order valence-corrected chi connectivity index (χ0v) is 13.6. The molecule has 0 atom stereocenters. The Morgan fingerprint density at radius 1 is 1.00 bits per heavy atom. The van der Waals surface area contributed by atoms with Crippen LogP contribution >= 0.6 is 35.1 Å². The van der Waals surface area contributed by atoms with E-state index in [1.165, 1.54) is 56.9 Å². The average Bonchev–Trinajstić information content (AvgIpc) is 2.40. The van der Waals surface area contributed by atoms with E-state index in [0.717, 1.165) is 10.6 Å². The molecule has 1 aliphatic carbocycles. The number of rotatable bonds is 1. The summed E-state index contributed by atoms with van der Waals surface area (Å²) in [6, 6.07) is 4.45. The van der Waals surface area contributed by atoms with E-state index in [9.17, 15) is 0 Å². The summed E-state index contributed by atoms with van der Waals surface area (Å²) in [4.78, 5) is 3.41. The van der Waals surface area contributed by atoms with Gasteiger partial charge in [-0.25, -0.2) is 4.40 Å². The van der Waals surface area contributed by atoms with Crippen LogP contribution < -0.4 is 4.90 Å². The van der Waals surface area contributed by atoms with Crippen LogP contribution in [0.15, 0.2) is 21.4 Å². The highest BCUT2D eigenvalue weighted by atomic mass is 35.5. The highest BCUT2D eigenvalue weighted by molar-refractivity contribution is 7.98. The summed E-state index contributed by atoms with van der Waals surface area (Å²) in [6.07, 6.45) is 11.1. The number of anilines is 1. The summed E-state index contributed by atoms with van der Waals surface area (Å²) >= 11 is 13.8. The predicted octanol–water partition coefficient (Wildman–Crippen LogP) is 5.96. The lowest BCUT2D eigenvalue weighted by Crippen LogP contribution is -2.36. The first-order valence-electron chi connectivity index (χ1n) is 7.23. The molecule has 2 aliphatic rings. The van der Waals surface area contributed by atoms with Crippen molar-refractivity contribution in [2.45, 2.75) is 55.9 Å². The lowest BCUT2D eigenvalue weighted by atomic mass is 9.95. The number of nitrogens with zero attached hydrogens (tertiary/aromatic N) is 2. The maximum absolute atomic E-state index is 6.20. The standard InChI is InChI=1S/C15H18Cl2N2S/c16-12-8-14-15(9-13(12)17)20-18-10-19(14)11-6-4-2-1-3-5-7-11/h8-11H,1-7H2. The Labute approximate surface area is 134 Å².